The van der Waals surface area contributed by atoms with Gasteiger partial charge in [-0.05, 0) is 19.8 Å². The van der Waals surface area contributed by atoms with Gasteiger partial charge < -0.3 is 20.1 Å². The Bertz CT molecular complexity index is 476. The molecule has 2 amide bonds. The highest BCUT2D eigenvalue weighted by Crippen LogP contribution is 2.02. The van der Waals surface area contributed by atoms with Crippen molar-refractivity contribution in [1.29, 1.82) is 0 Å². The molecule has 9 heteroatoms. The largest absolute Gasteiger partial charge is 0.480 e. The van der Waals surface area contributed by atoms with Crippen molar-refractivity contribution in [3.63, 3.8) is 0 Å². The lowest BCUT2D eigenvalue weighted by atomic mass is 10.1. The smallest absolute Gasteiger partial charge is 0.326 e. The number of carbonyl (C=O) groups excluding carboxylic acids is 1. The number of aromatic nitrogens is 3. The summed E-state index contributed by atoms with van der Waals surface area (Å²) in [6.07, 6.45) is 0.861. The number of aryl methyl sites for hydroxylation is 1. The summed E-state index contributed by atoms with van der Waals surface area (Å²) in [6.45, 7) is 2.40. The highest BCUT2D eigenvalue weighted by Gasteiger charge is 2.21. The predicted octanol–water partition coefficient (Wildman–Crippen LogP) is 0.134. The van der Waals surface area contributed by atoms with Crippen LogP contribution in [0.4, 0.5) is 4.79 Å². The van der Waals surface area contributed by atoms with Crippen molar-refractivity contribution in [2.24, 2.45) is 0 Å². The fourth-order valence-electron chi connectivity index (χ4n) is 1.69. The molecular formula is C12H21N5O4. The minimum absolute atomic E-state index is 0.195. The van der Waals surface area contributed by atoms with Crippen LogP contribution >= 0.6 is 0 Å². The van der Waals surface area contributed by atoms with Crippen LogP contribution in [-0.4, -0.2) is 64.0 Å². The lowest BCUT2D eigenvalue weighted by Gasteiger charge is -2.20. The number of rotatable bonds is 8. The Morgan fingerprint density at radius 1 is 1.52 bits per heavy atom. The molecule has 1 unspecified atom stereocenters. The fraction of sp³-hybridized carbons (Fsp3) is 0.667. The van der Waals surface area contributed by atoms with Crippen molar-refractivity contribution in [3.8, 4) is 0 Å². The normalized spacial score (nSPS) is 12.0. The Morgan fingerprint density at radius 3 is 2.76 bits per heavy atom. The summed E-state index contributed by atoms with van der Waals surface area (Å²) in [5, 5.41) is 18.2. The van der Waals surface area contributed by atoms with Gasteiger partial charge in [0.25, 0.3) is 0 Å². The Kier molecular flexibility index (Phi) is 6.60. The number of hydrogen-bond donors (Lipinski definition) is 3. The van der Waals surface area contributed by atoms with Crippen molar-refractivity contribution in [1.82, 2.24) is 25.4 Å². The van der Waals surface area contributed by atoms with Gasteiger partial charge in [-0.15, -0.1) is 0 Å². The zero-order valence-corrected chi connectivity index (χ0v) is 12.4. The summed E-state index contributed by atoms with van der Waals surface area (Å²) in [5.74, 6) is 0.0554. The minimum atomic E-state index is -1.07. The first-order chi connectivity index (χ1) is 9.93. The van der Waals surface area contributed by atoms with Gasteiger partial charge in [0, 0.05) is 20.8 Å². The molecule has 1 heterocycles. The highest BCUT2D eigenvalue weighted by atomic mass is 16.5. The SMILES string of the molecule is COCCCC(NC(=O)N(C)Cc1n[nH]c(C)n1)C(=O)O. The first-order valence-corrected chi connectivity index (χ1v) is 6.55. The molecule has 0 fully saturated rings. The van der Waals surface area contributed by atoms with E-state index in [4.69, 9.17) is 9.84 Å². The van der Waals surface area contributed by atoms with E-state index in [0.29, 0.717) is 31.1 Å². The van der Waals surface area contributed by atoms with Crippen molar-refractivity contribution >= 4 is 12.0 Å². The molecular weight excluding hydrogens is 278 g/mol. The van der Waals surface area contributed by atoms with E-state index in [2.05, 4.69) is 20.5 Å². The second kappa shape index (κ2) is 8.20. The molecule has 0 spiro atoms. The predicted molar refractivity (Wildman–Crippen MR) is 73.7 cm³/mol. The van der Waals surface area contributed by atoms with Crippen molar-refractivity contribution < 1.29 is 19.4 Å². The molecule has 0 aliphatic carbocycles. The monoisotopic (exact) mass is 299 g/mol. The number of ether oxygens (including phenoxy) is 1. The van der Waals surface area contributed by atoms with Crippen LogP contribution in [0.1, 0.15) is 24.5 Å². The summed E-state index contributed by atoms with van der Waals surface area (Å²) >= 11 is 0. The number of methoxy groups -OCH3 is 1. The van der Waals surface area contributed by atoms with E-state index in [1.54, 1.807) is 21.1 Å². The Labute approximate surface area is 122 Å². The number of aromatic amines is 1. The molecule has 0 radical (unpaired) electrons. The average molecular weight is 299 g/mol. The number of aliphatic carboxylic acids is 1. The average Bonchev–Trinajstić information content (AvgIpc) is 2.82. The third kappa shape index (κ3) is 5.78. The number of nitrogens with zero attached hydrogens (tertiary/aromatic N) is 3. The summed E-state index contributed by atoms with van der Waals surface area (Å²) in [4.78, 5) is 28.5. The Morgan fingerprint density at radius 2 is 2.24 bits per heavy atom. The van der Waals surface area contributed by atoms with E-state index in [0.717, 1.165) is 0 Å². The van der Waals surface area contributed by atoms with Gasteiger partial charge in [-0.3, -0.25) is 5.10 Å². The molecule has 1 rings (SSSR count). The number of carboxylic acids is 1. The first kappa shape index (κ1) is 16.9. The second-order valence-corrected chi connectivity index (χ2v) is 4.67. The van der Waals surface area contributed by atoms with Crippen LogP contribution in [0.25, 0.3) is 0 Å². The van der Waals surface area contributed by atoms with Gasteiger partial charge in [-0.25, -0.2) is 14.6 Å². The molecule has 1 aromatic rings. The van der Waals surface area contributed by atoms with Crippen LogP contribution in [0.15, 0.2) is 0 Å². The quantitative estimate of drug-likeness (QED) is 0.587. The molecule has 1 aromatic heterocycles. The Balaban J connectivity index is 2.49. The maximum Gasteiger partial charge on any atom is 0.326 e. The molecule has 21 heavy (non-hydrogen) atoms. The molecule has 0 saturated heterocycles. The third-order valence-corrected chi connectivity index (χ3v) is 2.81. The van der Waals surface area contributed by atoms with E-state index in [1.165, 1.54) is 4.90 Å². The number of carbonyl (C=O) groups is 2. The molecule has 0 aliphatic rings. The standard InChI is InChI=1S/C12H21N5O4/c1-8-13-10(16-15-8)7-17(2)12(20)14-9(11(18)19)5-4-6-21-3/h9H,4-7H2,1-3H3,(H,14,20)(H,18,19)(H,13,15,16). The second-order valence-electron chi connectivity index (χ2n) is 4.67. The molecule has 0 aliphatic heterocycles. The van der Waals surface area contributed by atoms with Crippen LogP contribution in [0.5, 0.6) is 0 Å². The molecule has 1 atom stereocenters. The number of carboxylic acid groups (broad SMARTS) is 1. The number of hydrogen-bond acceptors (Lipinski definition) is 5. The lowest BCUT2D eigenvalue weighted by Crippen LogP contribution is -2.46. The topological polar surface area (TPSA) is 120 Å². The van der Waals surface area contributed by atoms with Crippen LogP contribution in [0.2, 0.25) is 0 Å². The van der Waals surface area contributed by atoms with Crippen LogP contribution in [0, 0.1) is 6.92 Å². The van der Waals surface area contributed by atoms with E-state index in [1.807, 2.05) is 0 Å². The van der Waals surface area contributed by atoms with E-state index in [-0.39, 0.29) is 6.54 Å². The van der Waals surface area contributed by atoms with E-state index in [9.17, 15) is 9.59 Å². The minimum Gasteiger partial charge on any atom is -0.480 e. The number of H-pyrrole nitrogens is 1. The molecule has 0 aromatic carbocycles. The van der Waals surface area contributed by atoms with Gasteiger partial charge in [0.15, 0.2) is 5.82 Å². The maximum atomic E-state index is 12.0. The van der Waals surface area contributed by atoms with Crippen LogP contribution < -0.4 is 5.32 Å². The molecule has 118 valence electrons. The van der Waals surface area contributed by atoms with Crippen LogP contribution in [-0.2, 0) is 16.1 Å². The Hall–Kier alpha value is -2.16. The number of amides is 2. The summed E-state index contributed by atoms with van der Waals surface area (Å²) in [5.41, 5.74) is 0. The summed E-state index contributed by atoms with van der Waals surface area (Å²) in [7, 11) is 3.09. The number of urea groups is 1. The first-order valence-electron chi connectivity index (χ1n) is 6.55. The fourth-order valence-corrected chi connectivity index (χ4v) is 1.69. The zero-order chi connectivity index (χ0) is 15.8. The zero-order valence-electron chi connectivity index (χ0n) is 12.4. The third-order valence-electron chi connectivity index (χ3n) is 2.81. The summed E-state index contributed by atoms with van der Waals surface area (Å²) < 4.78 is 4.87. The summed E-state index contributed by atoms with van der Waals surface area (Å²) in [6, 6.07) is -1.42. The highest BCUT2D eigenvalue weighted by molar-refractivity contribution is 5.82. The number of nitrogens with one attached hydrogen (secondary N) is 2. The van der Waals surface area contributed by atoms with Gasteiger partial charge >= 0.3 is 12.0 Å². The van der Waals surface area contributed by atoms with Gasteiger partial charge in [0.05, 0.1) is 6.54 Å². The van der Waals surface area contributed by atoms with E-state index >= 15 is 0 Å². The molecule has 0 saturated carbocycles. The van der Waals surface area contributed by atoms with E-state index < -0.39 is 18.0 Å². The molecule has 3 N–H and O–H groups in total. The molecule has 9 nitrogen and oxygen atoms in total. The van der Waals surface area contributed by atoms with Gasteiger partial charge in [-0.1, -0.05) is 0 Å². The van der Waals surface area contributed by atoms with Crippen molar-refractivity contribution in [2.45, 2.75) is 32.4 Å². The maximum absolute atomic E-state index is 12.0. The lowest BCUT2D eigenvalue weighted by molar-refractivity contribution is -0.139. The van der Waals surface area contributed by atoms with Crippen molar-refractivity contribution in [3.05, 3.63) is 11.6 Å². The molecule has 0 bridgehead atoms. The van der Waals surface area contributed by atoms with Gasteiger partial charge in [0.2, 0.25) is 0 Å². The van der Waals surface area contributed by atoms with Gasteiger partial charge in [0.1, 0.15) is 11.9 Å². The van der Waals surface area contributed by atoms with Gasteiger partial charge in [-0.2, -0.15) is 5.10 Å². The van der Waals surface area contributed by atoms with Crippen LogP contribution in [0.3, 0.4) is 0 Å². The van der Waals surface area contributed by atoms with Crippen molar-refractivity contribution in [2.75, 3.05) is 20.8 Å².